The Morgan fingerprint density at radius 2 is 2.30 bits per heavy atom. The molecule has 5 heteroatoms. The second-order valence-electron chi connectivity index (χ2n) is 5.59. The van der Waals surface area contributed by atoms with Crippen molar-refractivity contribution in [2.75, 3.05) is 6.54 Å². The lowest BCUT2D eigenvalue weighted by Crippen LogP contribution is -2.59. The number of carbonyl (C=O) groups excluding carboxylic acids is 1. The molecule has 1 aromatic carbocycles. The van der Waals surface area contributed by atoms with Crippen LogP contribution in [0.3, 0.4) is 0 Å². The average molecular weight is 360 g/mol. The molecule has 3 nitrogen and oxygen atoms in total. The van der Waals surface area contributed by atoms with Crippen LogP contribution in [-0.2, 0) is 0 Å². The quantitative estimate of drug-likeness (QED) is 0.864. The third-order valence-corrected chi connectivity index (χ3v) is 5.59. The summed E-state index contributed by atoms with van der Waals surface area (Å²) in [5.41, 5.74) is 6.25. The van der Waals surface area contributed by atoms with Gasteiger partial charge in [-0.2, -0.15) is 0 Å². The first-order chi connectivity index (χ1) is 9.48. The van der Waals surface area contributed by atoms with Crippen LogP contribution in [0.1, 0.15) is 43.0 Å². The number of amides is 1. The summed E-state index contributed by atoms with van der Waals surface area (Å²) in [5.74, 6) is 0.301. The van der Waals surface area contributed by atoms with Crippen molar-refractivity contribution in [1.82, 2.24) is 5.32 Å². The third-order valence-electron chi connectivity index (χ3n) is 4.36. The fourth-order valence-corrected chi connectivity index (χ4v) is 3.32. The lowest BCUT2D eigenvalue weighted by molar-refractivity contribution is 0.0813. The summed E-state index contributed by atoms with van der Waals surface area (Å²) in [6.07, 6.45) is 4.38. The summed E-state index contributed by atoms with van der Waals surface area (Å²) in [6.45, 7) is 2.64. The maximum absolute atomic E-state index is 12.4. The number of hydrogen-bond donors (Lipinski definition) is 2. The summed E-state index contributed by atoms with van der Waals surface area (Å²) in [5, 5.41) is 3.69. The van der Waals surface area contributed by atoms with Crippen molar-refractivity contribution < 1.29 is 4.79 Å². The number of carbonyl (C=O) groups is 1. The van der Waals surface area contributed by atoms with E-state index in [2.05, 4.69) is 28.2 Å². The molecule has 20 heavy (non-hydrogen) atoms. The van der Waals surface area contributed by atoms with Gasteiger partial charge in [0, 0.05) is 16.6 Å². The van der Waals surface area contributed by atoms with Crippen molar-refractivity contribution >= 4 is 33.4 Å². The van der Waals surface area contributed by atoms with Crippen molar-refractivity contribution in [1.29, 1.82) is 0 Å². The number of hydrogen-bond acceptors (Lipinski definition) is 2. The molecule has 1 aromatic rings. The molecule has 0 aromatic heterocycles. The van der Waals surface area contributed by atoms with Crippen LogP contribution in [0.5, 0.6) is 0 Å². The van der Waals surface area contributed by atoms with Gasteiger partial charge in [-0.15, -0.1) is 0 Å². The summed E-state index contributed by atoms with van der Waals surface area (Å²) < 4.78 is 0.787. The van der Waals surface area contributed by atoms with Gasteiger partial charge in [0.2, 0.25) is 0 Å². The van der Waals surface area contributed by atoms with Gasteiger partial charge >= 0.3 is 0 Å². The lowest BCUT2D eigenvalue weighted by atomic mass is 9.73. The van der Waals surface area contributed by atoms with E-state index in [0.29, 0.717) is 23.0 Å². The van der Waals surface area contributed by atoms with Crippen LogP contribution in [-0.4, -0.2) is 18.0 Å². The van der Waals surface area contributed by atoms with Crippen molar-refractivity contribution in [3.8, 4) is 0 Å². The molecular formula is C15H20BrClN2O. The number of rotatable bonds is 3. The van der Waals surface area contributed by atoms with Crippen molar-refractivity contribution in [2.24, 2.45) is 11.7 Å². The molecule has 0 radical (unpaired) electrons. The summed E-state index contributed by atoms with van der Waals surface area (Å²) in [6, 6.07) is 5.23. The highest BCUT2D eigenvalue weighted by atomic mass is 79.9. The molecular weight excluding hydrogens is 340 g/mol. The Labute approximate surface area is 133 Å². The zero-order valence-corrected chi connectivity index (χ0v) is 13.9. The normalized spacial score (nSPS) is 26.3. The SMILES string of the molecule is CC1CCCCC1(CN)NC(=O)c1ccc(Br)c(Cl)c1. The summed E-state index contributed by atoms with van der Waals surface area (Å²) >= 11 is 9.37. The molecule has 0 heterocycles. The Balaban J connectivity index is 2.18. The maximum Gasteiger partial charge on any atom is 0.251 e. The molecule has 0 aliphatic heterocycles. The van der Waals surface area contributed by atoms with Crippen LogP contribution in [0.25, 0.3) is 0 Å². The number of halogens is 2. The molecule has 3 N–H and O–H groups in total. The number of nitrogens with one attached hydrogen (secondary N) is 1. The van der Waals surface area contributed by atoms with Gasteiger partial charge in [-0.3, -0.25) is 4.79 Å². The Hall–Kier alpha value is -0.580. The predicted octanol–water partition coefficient (Wildman–Crippen LogP) is 3.74. The molecule has 0 spiro atoms. The second-order valence-corrected chi connectivity index (χ2v) is 6.85. The molecule has 1 aliphatic carbocycles. The monoisotopic (exact) mass is 358 g/mol. The van der Waals surface area contributed by atoms with E-state index >= 15 is 0 Å². The Morgan fingerprint density at radius 1 is 1.55 bits per heavy atom. The molecule has 1 aliphatic rings. The Morgan fingerprint density at radius 3 is 2.90 bits per heavy atom. The van der Waals surface area contributed by atoms with Gasteiger partial charge in [-0.25, -0.2) is 0 Å². The second kappa shape index (κ2) is 6.46. The average Bonchev–Trinajstić information content (AvgIpc) is 2.44. The highest BCUT2D eigenvalue weighted by Gasteiger charge is 2.38. The summed E-state index contributed by atoms with van der Waals surface area (Å²) in [4.78, 5) is 12.4. The van der Waals surface area contributed by atoms with Crippen molar-refractivity contribution in [3.05, 3.63) is 33.3 Å². The molecule has 1 fully saturated rings. The first-order valence-electron chi connectivity index (χ1n) is 6.96. The third kappa shape index (κ3) is 3.18. The van der Waals surface area contributed by atoms with Crippen LogP contribution in [0, 0.1) is 5.92 Å². The van der Waals surface area contributed by atoms with Crippen LogP contribution >= 0.6 is 27.5 Å². The van der Waals surface area contributed by atoms with Crippen LogP contribution in [0.2, 0.25) is 5.02 Å². The van der Waals surface area contributed by atoms with Crippen molar-refractivity contribution in [3.63, 3.8) is 0 Å². The molecule has 2 unspecified atom stereocenters. The minimum absolute atomic E-state index is 0.0985. The molecule has 0 bridgehead atoms. The van der Waals surface area contributed by atoms with Gasteiger partial charge in [0.25, 0.3) is 5.91 Å². The topological polar surface area (TPSA) is 55.1 Å². The van der Waals surface area contributed by atoms with E-state index in [1.54, 1.807) is 18.2 Å². The molecule has 110 valence electrons. The zero-order valence-electron chi connectivity index (χ0n) is 11.6. The van der Waals surface area contributed by atoms with E-state index in [1.807, 2.05) is 0 Å². The largest absolute Gasteiger partial charge is 0.345 e. The van der Waals surface area contributed by atoms with E-state index in [4.69, 9.17) is 17.3 Å². The van der Waals surface area contributed by atoms with Gasteiger partial charge in [0.15, 0.2) is 0 Å². The first kappa shape index (κ1) is 15.8. The van der Waals surface area contributed by atoms with E-state index in [-0.39, 0.29) is 11.4 Å². The van der Waals surface area contributed by atoms with Gasteiger partial charge < -0.3 is 11.1 Å². The molecule has 0 saturated heterocycles. The van der Waals surface area contributed by atoms with Crippen LogP contribution in [0.4, 0.5) is 0 Å². The van der Waals surface area contributed by atoms with Gasteiger partial charge in [-0.05, 0) is 52.9 Å². The fraction of sp³-hybridized carbons (Fsp3) is 0.533. The highest BCUT2D eigenvalue weighted by Crippen LogP contribution is 2.33. The number of nitrogens with two attached hydrogens (primary N) is 1. The maximum atomic E-state index is 12.4. The standard InChI is InChI=1S/C15H20BrClN2O/c1-10-4-2-3-7-15(10,9-18)19-14(20)11-5-6-12(16)13(17)8-11/h5-6,8,10H,2-4,7,9,18H2,1H3,(H,19,20). The smallest absolute Gasteiger partial charge is 0.251 e. The minimum Gasteiger partial charge on any atom is -0.345 e. The summed E-state index contributed by atoms with van der Waals surface area (Å²) in [7, 11) is 0. The van der Waals surface area contributed by atoms with Gasteiger partial charge in [0.05, 0.1) is 10.6 Å². The fourth-order valence-electron chi connectivity index (χ4n) is 2.89. The number of benzene rings is 1. The van der Waals surface area contributed by atoms with E-state index in [9.17, 15) is 4.79 Å². The predicted molar refractivity (Wildman–Crippen MR) is 86.0 cm³/mol. The van der Waals surface area contributed by atoms with Crippen molar-refractivity contribution in [2.45, 2.75) is 38.1 Å². The van der Waals surface area contributed by atoms with Gasteiger partial charge in [0.1, 0.15) is 0 Å². The van der Waals surface area contributed by atoms with Gasteiger partial charge in [-0.1, -0.05) is 31.4 Å². The minimum atomic E-state index is -0.283. The molecule has 2 atom stereocenters. The van der Waals surface area contributed by atoms with E-state index in [1.165, 1.54) is 6.42 Å². The zero-order chi connectivity index (χ0) is 14.8. The molecule has 1 amide bonds. The lowest BCUT2D eigenvalue weighted by Gasteiger charge is -2.42. The van der Waals surface area contributed by atoms with Crippen LogP contribution in [0.15, 0.2) is 22.7 Å². The molecule has 1 saturated carbocycles. The first-order valence-corrected chi connectivity index (χ1v) is 8.13. The Bertz CT molecular complexity index is 509. The van der Waals surface area contributed by atoms with E-state index < -0.39 is 0 Å². The van der Waals surface area contributed by atoms with Crippen LogP contribution < -0.4 is 11.1 Å². The van der Waals surface area contributed by atoms with E-state index in [0.717, 1.165) is 23.7 Å². The highest BCUT2D eigenvalue weighted by molar-refractivity contribution is 9.10. The molecule has 2 rings (SSSR count). The Kier molecular flexibility index (Phi) is 5.10.